The van der Waals surface area contributed by atoms with Gasteiger partial charge in [-0.1, -0.05) is 54.4 Å². The Morgan fingerprint density at radius 1 is 1.11 bits per heavy atom. The van der Waals surface area contributed by atoms with Crippen molar-refractivity contribution in [2.24, 2.45) is 5.92 Å². The molecule has 3 aromatic rings. The zero-order valence-electron chi connectivity index (χ0n) is 16.7. The van der Waals surface area contributed by atoms with Gasteiger partial charge in [0.05, 0.1) is 6.54 Å². The highest BCUT2D eigenvalue weighted by atomic mass is 35.5. The van der Waals surface area contributed by atoms with Gasteiger partial charge in [-0.2, -0.15) is 0 Å². The molecule has 0 unspecified atom stereocenters. The number of aryl methyl sites for hydroxylation is 2. The maximum atomic E-state index is 13.0. The molecule has 146 valence electrons. The molecule has 0 fully saturated rings. The van der Waals surface area contributed by atoms with E-state index in [0.717, 1.165) is 22.6 Å². The van der Waals surface area contributed by atoms with E-state index in [9.17, 15) is 4.79 Å². The first-order valence-corrected chi connectivity index (χ1v) is 9.79. The van der Waals surface area contributed by atoms with Crippen molar-refractivity contribution in [3.63, 3.8) is 0 Å². The van der Waals surface area contributed by atoms with Crippen LogP contribution in [0.5, 0.6) is 0 Å². The summed E-state index contributed by atoms with van der Waals surface area (Å²) in [4.78, 5) is 14.8. The predicted octanol–water partition coefficient (Wildman–Crippen LogP) is 5.91. The van der Waals surface area contributed by atoms with Crippen molar-refractivity contribution in [3.8, 4) is 11.3 Å². The first-order valence-electron chi connectivity index (χ1n) is 9.41. The van der Waals surface area contributed by atoms with Crippen molar-refractivity contribution in [2.45, 2.75) is 34.2 Å². The minimum atomic E-state index is -0.0403. The third-order valence-electron chi connectivity index (χ3n) is 4.52. The lowest BCUT2D eigenvalue weighted by Gasteiger charge is -2.23. The van der Waals surface area contributed by atoms with Crippen LogP contribution in [0, 0.1) is 19.8 Å². The summed E-state index contributed by atoms with van der Waals surface area (Å²) in [6.07, 6.45) is 0. The van der Waals surface area contributed by atoms with Crippen LogP contribution in [0.3, 0.4) is 0 Å². The minimum Gasteiger partial charge on any atom is -0.356 e. The topological polar surface area (TPSA) is 46.3 Å². The van der Waals surface area contributed by atoms with E-state index in [1.54, 1.807) is 29.2 Å². The molecule has 1 heterocycles. The van der Waals surface area contributed by atoms with Crippen molar-refractivity contribution < 1.29 is 9.32 Å². The van der Waals surface area contributed by atoms with Gasteiger partial charge in [-0.25, -0.2) is 0 Å². The van der Waals surface area contributed by atoms with E-state index in [4.69, 9.17) is 16.1 Å². The largest absolute Gasteiger partial charge is 0.356 e. The van der Waals surface area contributed by atoms with Crippen molar-refractivity contribution in [1.29, 1.82) is 0 Å². The molecule has 0 aliphatic rings. The lowest BCUT2D eigenvalue weighted by atomic mass is 10.0. The van der Waals surface area contributed by atoms with E-state index >= 15 is 0 Å². The molecule has 2 aromatic carbocycles. The summed E-state index contributed by atoms with van der Waals surface area (Å²) in [7, 11) is 0. The highest BCUT2D eigenvalue weighted by Gasteiger charge is 2.20. The first-order chi connectivity index (χ1) is 13.3. The standard InChI is InChI=1S/C23H25ClN2O2/c1-15(2)13-26(23(27)18-6-8-19(24)9-7-18)14-20-12-22(28-25-20)21-10-5-16(3)11-17(21)4/h5-12,15H,13-14H2,1-4H3. The van der Waals surface area contributed by atoms with Gasteiger partial charge in [0.25, 0.3) is 5.91 Å². The molecule has 0 N–H and O–H groups in total. The normalized spacial score (nSPS) is 11.1. The van der Waals surface area contributed by atoms with E-state index in [0.29, 0.717) is 29.6 Å². The second kappa shape index (κ2) is 8.61. The molecule has 0 radical (unpaired) electrons. The van der Waals surface area contributed by atoms with Gasteiger partial charge < -0.3 is 9.42 Å². The molecule has 1 aromatic heterocycles. The van der Waals surface area contributed by atoms with Crippen LogP contribution in [0.2, 0.25) is 5.02 Å². The van der Waals surface area contributed by atoms with E-state index in [1.807, 2.05) is 12.1 Å². The Morgan fingerprint density at radius 3 is 2.46 bits per heavy atom. The summed E-state index contributed by atoms with van der Waals surface area (Å²) in [5.74, 6) is 1.01. The Balaban J connectivity index is 1.82. The van der Waals surface area contributed by atoms with E-state index < -0.39 is 0 Å². The molecule has 0 bridgehead atoms. The van der Waals surface area contributed by atoms with Crippen LogP contribution in [0.25, 0.3) is 11.3 Å². The van der Waals surface area contributed by atoms with Gasteiger partial charge in [-0.05, 0) is 49.6 Å². The summed E-state index contributed by atoms with van der Waals surface area (Å²) in [6, 6.07) is 15.1. The highest BCUT2D eigenvalue weighted by Crippen LogP contribution is 2.25. The number of benzene rings is 2. The van der Waals surface area contributed by atoms with E-state index in [2.05, 4.69) is 45.0 Å². The highest BCUT2D eigenvalue weighted by molar-refractivity contribution is 6.30. The SMILES string of the molecule is Cc1ccc(-c2cc(CN(CC(C)C)C(=O)c3ccc(Cl)cc3)no2)c(C)c1. The second-order valence-electron chi connectivity index (χ2n) is 7.59. The zero-order valence-corrected chi connectivity index (χ0v) is 17.5. The van der Waals surface area contributed by atoms with Crippen LogP contribution < -0.4 is 0 Å². The lowest BCUT2D eigenvalue weighted by molar-refractivity contribution is 0.0719. The summed E-state index contributed by atoms with van der Waals surface area (Å²) < 4.78 is 5.57. The first kappa shape index (κ1) is 20.2. The molecular weight excluding hydrogens is 372 g/mol. The maximum Gasteiger partial charge on any atom is 0.254 e. The molecule has 1 amide bonds. The third kappa shape index (κ3) is 4.82. The summed E-state index contributed by atoms with van der Waals surface area (Å²) in [5, 5.41) is 4.82. The fraction of sp³-hybridized carbons (Fsp3) is 0.304. The average Bonchev–Trinajstić information content (AvgIpc) is 3.09. The maximum absolute atomic E-state index is 13.0. The summed E-state index contributed by atoms with van der Waals surface area (Å²) in [5.41, 5.74) is 4.71. The zero-order chi connectivity index (χ0) is 20.3. The van der Waals surface area contributed by atoms with Gasteiger partial charge in [-0.15, -0.1) is 0 Å². The fourth-order valence-electron chi connectivity index (χ4n) is 3.23. The van der Waals surface area contributed by atoms with Crippen LogP contribution in [-0.4, -0.2) is 22.5 Å². The molecule has 0 atom stereocenters. The minimum absolute atomic E-state index is 0.0403. The Kier molecular flexibility index (Phi) is 6.20. The Morgan fingerprint density at radius 2 is 1.82 bits per heavy atom. The summed E-state index contributed by atoms with van der Waals surface area (Å²) in [6.45, 7) is 9.33. The number of halogens is 1. The van der Waals surface area contributed by atoms with Gasteiger partial charge >= 0.3 is 0 Å². The van der Waals surface area contributed by atoms with Crippen LogP contribution in [0.1, 0.15) is 41.0 Å². The molecule has 4 nitrogen and oxygen atoms in total. The molecule has 5 heteroatoms. The Hall–Kier alpha value is -2.59. The number of amides is 1. The third-order valence-corrected chi connectivity index (χ3v) is 4.78. The smallest absolute Gasteiger partial charge is 0.254 e. The number of hydrogen-bond donors (Lipinski definition) is 0. The molecule has 0 aliphatic carbocycles. The number of carbonyl (C=O) groups is 1. The average molecular weight is 397 g/mol. The van der Waals surface area contributed by atoms with E-state index in [1.165, 1.54) is 5.56 Å². The summed E-state index contributed by atoms with van der Waals surface area (Å²) >= 11 is 5.95. The van der Waals surface area contributed by atoms with Crippen LogP contribution in [0.15, 0.2) is 53.1 Å². The molecule has 0 saturated heterocycles. The van der Waals surface area contributed by atoms with Gasteiger partial charge in [0.2, 0.25) is 0 Å². The fourth-order valence-corrected chi connectivity index (χ4v) is 3.36. The Labute approximate surface area is 171 Å². The second-order valence-corrected chi connectivity index (χ2v) is 8.02. The van der Waals surface area contributed by atoms with Gasteiger partial charge in [0.15, 0.2) is 5.76 Å². The number of rotatable bonds is 6. The molecule has 0 spiro atoms. The Bertz CT molecular complexity index is 961. The number of nitrogens with zero attached hydrogens (tertiary/aromatic N) is 2. The van der Waals surface area contributed by atoms with Gasteiger partial charge in [0.1, 0.15) is 5.69 Å². The number of carbonyl (C=O) groups excluding carboxylic acids is 1. The van der Waals surface area contributed by atoms with Gasteiger partial charge in [0, 0.05) is 28.8 Å². The van der Waals surface area contributed by atoms with Crippen molar-refractivity contribution in [1.82, 2.24) is 10.1 Å². The van der Waals surface area contributed by atoms with Crippen LogP contribution in [-0.2, 0) is 6.54 Å². The van der Waals surface area contributed by atoms with Crippen LogP contribution >= 0.6 is 11.6 Å². The predicted molar refractivity (Wildman–Crippen MR) is 112 cm³/mol. The number of aromatic nitrogens is 1. The lowest BCUT2D eigenvalue weighted by Crippen LogP contribution is -2.33. The number of hydrogen-bond acceptors (Lipinski definition) is 3. The van der Waals surface area contributed by atoms with Crippen LogP contribution in [0.4, 0.5) is 0 Å². The van der Waals surface area contributed by atoms with Gasteiger partial charge in [-0.3, -0.25) is 4.79 Å². The monoisotopic (exact) mass is 396 g/mol. The molecule has 28 heavy (non-hydrogen) atoms. The van der Waals surface area contributed by atoms with Crippen molar-refractivity contribution in [2.75, 3.05) is 6.54 Å². The molecule has 0 aliphatic heterocycles. The quantitative estimate of drug-likeness (QED) is 0.520. The molecule has 3 rings (SSSR count). The van der Waals surface area contributed by atoms with Crippen molar-refractivity contribution in [3.05, 3.63) is 75.9 Å². The molecular formula is C23H25ClN2O2. The van der Waals surface area contributed by atoms with E-state index in [-0.39, 0.29) is 5.91 Å². The van der Waals surface area contributed by atoms with Crippen molar-refractivity contribution >= 4 is 17.5 Å². The molecule has 0 saturated carbocycles.